The van der Waals surface area contributed by atoms with E-state index in [0.29, 0.717) is 12.1 Å². The first-order chi connectivity index (χ1) is 12.1. The van der Waals surface area contributed by atoms with E-state index in [0.717, 1.165) is 23.2 Å². The average molecular weight is 342 g/mol. The molecule has 0 aliphatic heterocycles. The molecule has 130 valence electrons. The second-order valence-corrected chi connectivity index (χ2v) is 5.59. The van der Waals surface area contributed by atoms with Crippen LogP contribution in [0.25, 0.3) is 16.8 Å². The minimum absolute atomic E-state index is 0.172. The van der Waals surface area contributed by atoms with Gasteiger partial charge in [-0.1, -0.05) is 25.5 Å². The number of fused-ring (bicyclic) bond motifs is 1. The van der Waals surface area contributed by atoms with Crippen LogP contribution in [0.3, 0.4) is 0 Å². The van der Waals surface area contributed by atoms with Crippen molar-refractivity contribution < 1.29 is 13.9 Å². The van der Waals surface area contributed by atoms with Crippen molar-refractivity contribution in [1.82, 2.24) is 14.6 Å². The smallest absolute Gasteiger partial charge is 0.343 e. The van der Waals surface area contributed by atoms with E-state index in [-0.39, 0.29) is 23.8 Å². The van der Waals surface area contributed by atoms with Gasteiger partial charge in [-0.3, -0.25) is 0 Å². The number of carbonyl (C=O) groups excluding carboxylic acids is 1. The third-order valence-corrected chi connectivity index (χ3v) is 3.87. The summed E-state index contributed by atoms with van der Waals surface area (Å²) in [4.78, 5) is 16.4. The predicted molar refractivity (Wildman–Crippen MR) is 92.7 cm³/mol. The molecule has 0 aliphatic carbocycles. The fourth-order valence-electron chi connectivity index (χ4n) is 2.74. The summed E-state index contributed by atoms with van der Waals surface area (Å²) in [6.07, 6.45) is 2.99. The molecule has 2 N–H and O–H groups in total. The lowest BCUT2D eigenvalue weighted by atomic mass is 10.0. The molecule has 2 aromatic heterocycles. The lowest BCUT2D eigenvalue weighted by molar-refractivity contribution is 0.0526. The Labute approximate surface area is 144 Å². The minimum atomic E-state index is -0.537. The molecule has 6 nitrogen and oxygen atoms in total. The van der Waals surface area contributed by atoms with E-state index in [1.165, 1.54) is 22.8 Å². The SMILES string of the molecule is CCCc1nn2c(N)c(C(=O)OCC)cnc2c1-c1ccc(F)cc1. The molecule has 0 amide bonds. The number of rotatable bonds is 5. The van der Waals surface area contributed by atoms with Crippen LogP contribution in [0.1, 0.15) is 36.3 Å². The second-order valence-electron chi connectivity index (χ2n) is 5.59. The van der Waals surface area contributed by atoms with Crippen LogP contribution < -0.4 is 5.73 Å². The lowest BCUT2D eigenvalue weighted by Crippen LogP contribution is -2.12. The Kier molecular flexibility index (Phi) is 4.65. The predicted octanol–water partition coefficient (Wildman–Crippen LogP) is 3.25. The van der Waals surface area contributed by atoms with Crippen LogP contribution in [0.5, 0.6) is 0 Å². The summed E-state index contributed by atoms with van der Waals surface area (Å²) in [7, 11) is 0. The topological polar surface area (TPSA) is 82.5 Å². The molecule has 0 aliphatic rings. The van der Waals surface area contributed by atoms with Gasteiger partial charge in [0.2, 0.25) is 0 Å². The molecule has 0 saturated carbocycles. The van der Waals surface area contributed by atoms with Crippen molar-refractivity contribution in [3.05, 3.63) is 47.5 Å². The normalized spacial score (nSPS) is 11.0. The van der Waals surface area contributed by atoms with Gasteiger partial charge in [0, 0.05) is 11.8 Å². The molecule has 0 saturated heterocycles. The maximum absolute atomic E-state index is 13.3. The lowest BCUT2D eigenvalue weighted by Gasteiger charge is -2.07. The second kappa shape index (κ2) is 6.88. The molecular weight excluding hydrogens is 323 g/mol. The summed E-state index contributed by atoms with van der Waals surface area (Å²) < 4.78 is 19.7. The Balaban J connectivity index is 2.22. The van der Waals surface area contributed by atoms with E-state index < -0.39 is 5.97 Å². The highest BCUT2D eigenvalue weighted by Crippen LogP contribution is 2.30. The van der Waals surface area contributed by atoms with Gasteiger partial charge in [0.15, 0.2) is 5.65 Å². The van der Waals surface area contributed by atoms with Crippen molar-refractivity contribution in [1.29, 1.82) is 0 Å². The molecule has 0 atom stereocenters. The molecule has 0 unspecified atom stereocenters. The number of halogens is 1. The highest BCUT2D eigenvalue weighted by Gasteiger charge is 2.21. The highest BCUT2D eigenvalue weighted by molar-refractivity contribution is 5.95. The first-order valence-electron chi connectivity index (χ1n) is 8.16. The van der Waals surface area contributed by atoms with Crippen molar-refractivity contribution >= 4 is 17.4 Å². The van der Waals surface area contributed by atoms with Crippen molar-refractivity contribution in [3.63, 3.8) is 0 Å². The van der Waals surface area contributed by atoms with Crippen LogP contribution in [0.4, 0.5) is 10.2 Å². The van der Waals surface area contributed by atoms with Gasteiger partial charge in [0.05, 0.1) is 12.3 Å². The fourth-order valence-corrected chi connectivity index (χ4v) is 2.74. The number of nitrogen functional groups attached to an aromatic ring is 1. The average Bonchev–Trinajstić information content (AvgIpc) is 2.96. The molecule has 3 rings (SSSR count). The Morgan fingerprint density at radius 2 is 2.00 bits per heavy atom. The zero-order valence-corrected chi connectivity index (χ0v) is 14.1. The van der Waals surface area contributed by atoms with Crippen LogP contribution in [0.15, 0.2) is 30.5 Å². The van der Waals surface area contributed by atoms with Gasteiger partial charge in [-0.25, -0.2) is 14.2 Å². The number of esters is 1. The zero-order chi connectivity index (χ0) is 18.0. The number of aromatic nitrogens is 3. The quantitative estimate of drug-likeness (QED) is 0.720. The van der Waals surface area contributed by atoms with Gasteiger partial charge < -0.3 is 10.5 Å². The molecular formula is C18H19FN4O2. The summed E-state index contributed by atoms with van der Waals surface area (Å²) in [5.41, 5.74) is 9.23. The first kappa shape index (κ1) is 16.9. The third-order valence-electron chi connectivity index (χ3n) is 3.87. The molecule has 2 heterocycles. The van der Waals surface area contributed by atoms with Gasteiger partial charge in [-0.15, -0.1) is 0 Å². The van der Waals surface area contributed by atoms with Crippen molar-refractivity contribution in [2.75, 3.05) is 12.3 Å². The third kappa shape index (κ3) is 3.05. The number of ether oxygens (including phenoxy) is 1. The van der Waals surface area contributed by atoms with Gasteiger partial charge in [-0.2, -0.15) is 9.61 Å². The zero-order valence-electron chi connectivity index (χ0n) is 14.1. The number of hydrogen-bond acceptors (Lipinski definition) is 5. The van der Waals surface area contributed by atoms with Crippen LogP contribution in [0.2, 0.25) is 0 Å². The summed E-state index contributed by atoms with van der Waals surface area (Å²) in [6.45, 7) is 4.01. The van der Waals surface area contributed by atoms with E-state index in [9.17, 15) is 9.18 Å². The van der Waals surface area contributed by atoms with Crippen molar-refractivity contribution in [2.24, 2.45) is 0 Å². The number of aryl methyl sites for hydroxylation is 1. The van der Waals surface area contributed by atoms with E-state index in [1.807, 2.05) is 6.92 Å². The molecule has 0 fully saturated rings. The Bertz CT molecular complexity index is 919. The maximum atomic E-state index is 13.3. The van der Waals surface area contributed by atoms with E-state index in [4.69, 9.17) is 10.5 Å². The summed E-state index contributed by atoms with van der Waals surface area (Å²) in [6, 6.07) is 6.15. The number of nitrogens with zero attached hydrogens (tertiary/aromatic N) is 3. The number of benzene rings is 1. The van der Waals surface area contributed by atoms with Gasteiger partial charge >= 0.3 is 5.97 Å². The van der Waals surface area contributed by atoms with Crippen LogP contribution >= 0.6 is 0 Å². The van der Waals surface area contributed by atoms with Crippen LogP contribution in [-0.2, 0) is 11.2 Å². The number of carbonyl (C=O) groups is 1. The monoisotopic (exact) mass is 342 g/mol. The fraction of sp³-hybridized carbons (Fsp3) is 0.278. The molecule has 3 aromatic rings. The Morgan fingerprint density at radius 1 is 1.28 bits per heavy atom. The van der Waals surface area contributed by atoms with Gasteiger partial charge in [0.25, 0.3) is 0 Å². The summed E-state index contributed by atoms with van der Waals surface area (Å²) >= 11 is 0. The van der Waals surface area contributed by atoms with Gasteiger partial charge in [-0.05, 0) is 31.0 Å². The van der Waals surface area contributed by atoms with E-state index in [2.05, 4.69) is 10.1 Å². The molecule has 25 heavy (non-hydrogen) atoms. The standard InChI is InChI=1S/C18H19FN4O2/c1-3-5-14-15(11-6-8-12(19)9-7-11)17-21-10-13(18(24)25-4-2)16(20)23(17)22-14/h6-10H,3-5,20H2,1-2H3. The molecule has 0 spiro atoms. The maximum Gasteiger partial charge on any atom is 0.343 e. The molecule has 1 aromatic carbocycles. The molecule has 0 radical (unpaired) electrons. The first-order valence-corrected chi connectivity index (χ1v) is 8.16. The minimum Gasteiger partial charge on any atom is -0.462 e. The Hall–Kier alpha value is -2.96. The highest BCUT2D eigenvalue weighted by atomic mass is 19.1. The van der Waals surface area contributed by atoms with Crippen LogP contribution in [-0.4, -0.2) is 27.2 Å². The summed E-state index contributed by atoms with van der Waals surface area (Å²) in [5, 5.41) is 4.53. The summed E-state index contributed by atoms with van der Waals surface area (Å²) in [5.74, 6) is -0.672. The molecule has 0 bridgehead atoms. The number of anilines is 1. The Morgan fingerprint density at radius 3 is 2.64 bits per heavy atom. The van der Waals surface area contributed by atoms with Crippen molar-refractivity contribution in [3.8, 4) is 11.1 Å². The largest absolute Gasteiger partial charge is 0.462 e. The van der Waals surface area contributed by atoms with Crippen LogP contribution in [0, 0.1) is 5.82 Å². The van der Waals surface area contributed by atoms with E-state index >= 15 is 0 Å². The van der Waals surface area contributed by atoms with Gasteiger partial charge in [0.1, 0.15) is 17.2 Å². The molecule has 7 heteroatoms. The number of hydrogen-bond donors (Lipinski definition) is 1. The van der Waals surface area contributed by atoms with E-state index in [1.54, 1.807) is 19.1 Å². The van der Waals surface area contributed by atoms with Crippen molar-refractivity contribution in [2.45, 2.75) is 26.7 Å². The number of nitrogens with two attached hydrogens (primary N) is 1.